The zero-order valence-corrected chi connectivity index (χ0v) is 19.6. The highest BCUT2D eigenvalue weighted by Gasteiger charge is 2.47. The largest absolute Gasteiger partial charge is 0.468 e. The maximum Gasteiger partial charge on any atom is 0.337 e. The Kier molecular flexibility index (Phi) is 5.83. The topological polar surface area (TPSA) is 100 Å². The van der Waals surface area contributed by atoms with Gasteiger partial charge in [0.15, 0.2) is 17.3 Å². The first-order valence-electron chi connectivity index (χ1n) is 11.8. The molecule has 0 bridgehead atoms. The van der Waals surface area contributed by atoms with Crippen LogP contribution in [0.15, 0.2) is 40.7 Å². The number of fused-ring (bicyclic) bond motifs is 1. The molecule has 0 saturated heterocycles. The van der Waals surface area contributed by atoms with Crippen LogP contribution < -0.4 is 14.8 Å². The van der Waals surface area contributed by atoms with Gasteiger partial charge in [-0.15, -0.1) is 0 Å². The molecule has 0 aromatic heterocycles. The molecule has 3 unspecified atom stereocenters. The van der Waals surface area contributed by atoms with Crippen LogP contribution in [0.4, 0.5) is 0 Å². The molecule has 4 aliphatic rings. The lowest BCUT2D eigenvalue weighted by Crippen LogP contribution is -2.43. The van der Waals surface area contributed by atoms with E-state index < -0.39 is 23.8 Å². The summed E-state index contributed by atoms with van der Waals surface area (Å²) in [5, 5.41) is 3.29. The van der Waals surface area contributed by atoms with Crippen LogP contribution in [0.1, 0.15) is 57.4 Å². The number of nitrogens with one attached hydrogen (secondary N) is 1. The quantitative estimate of drug-likeness (QED) is 0.530. The molecule has 8 heteroatoms. The number of benzene rings is 1. The van der Waals surface area contributed by atoms with Crippen LogP contribution in [-0.4, -0.2) is 37.7 Å². The van der Waals surface area contributed by atoms with Gasteiger partial charge in [-0.2, -0.15) is 0 Å². The van der Waals surface area contributed by atoms with Crippen molar-refractivity contribution < 1.29 is 33.3 Å². The molecular formula is C26H29NO7. The Morgan fingerprint density at radius 2 is 1.85 bits per heavy atom. The van der Waals surface area contributed by atoms with Gasteiger partial charge in [0, 0.05) is 22.9 Å². The van der Waals surface area contributed by atoms with Crippen molar-refractivity contribution in [2.24, 2.45) is 11.8 Å². The minimum absolute atomic E-state index is 0.116. The van der Waals surface area contributed by atoms with Gasteiger partial charge in [0.05, 0.1) is 12.7 Å². The van der Waals surface area contributed by atoms with E-state index in [2.05, 4.69) is 5.32 Å². The van der Waals surface area contributed by atoms with Gasteiger partial charge in [0.2, 0.25) is 6.79 Å². The molecule has 180 valence electrons. The molecule has 3 atom stereocenters. The third-order valence-corrected chi connectivity index (χ3v) is 7.27. The first kappa shape index (κ1) is 22.5. The van der Waals surface area contributed by atoms with Crippen LogP contribution >= 0.6 is 0 Å². The molecule has 1 aromatic carbocycles. The number of hydrogen-bond donors (Lipinski definition) is 1. The Morgan fingerprint density at radius 1 is 1.12 bits per heavy atom. The molecule has 0 radical (unpaired) electrons. The first-order valence-corrected chi connectivity index (χ1v) is 11.8. The summed E-state index contributed by atoms with van der Waals surface area (Å²) < 4.78 is 21.9. The summed E-state index contributed by atoms with van der Waals surface area (Å²) >= 11 is 0. The summed E-state index contributed by atoms with van der Waals surface area (Å²) in [6.07, 6.45) is 4.12. The van der Waals surface area contributed by atoms with Crippen LogP contribution in [0.2, 0.25) is 0 Å². The summed E-state index contributed by atoms with van der Waals surface area (Å²) in [5.74, 6) is -2.00. The maximum atomic E-state index is 13.8. The average Bonchev–Trinajstić information content (AvgIpc) is 3.49. The third-order valence-electron chi connectivity index (χ3n) is 7.27. The van der Waals surface area contributed by atoms with Crippen LogP contribution in [0.3, 0.4) is 0 Å². The average molecular weight is 468 g/mol. The van der Waals surface area contributed by atoms with Gasteiger partial charge in [-0.05, 0) is 62.6 Å². The van der Waals surface area contributed by atoms with E-state index in [1.54, 1.807) is 12.1 Å². The number of rotatable bonds is 4. The number of ether oxygens (including phenoxy) is 4. The number of methoxy groups -OCH3 is 1. The number of carbonyl (C=O) groups is 3. The fourth-order valence-corrected chi connectivity index (χ4v) is 5.60. The van der Waals surface area contributed by atoms with Crippen LogP contribution in [0, 0.1) is 11.8 Å². The highest BCUT2D eigenvalue weighted by atomic mass is 16.7. The van der Waals surface area contributed by atoms with Gasteiger partial charge in [-0.3, -0.25) is 9.59 Å². The lowest BCUT2D eigenvalue weighted by Gasteiger charge is -2.38. The Labute approximate surface area is 198 Å². The molecule has 2 heterocycles. The lowest BCUT2D eigenvalue weighted by atomic mass is 9.69. The number of allylic oxidation sites excluding steroid dienone is 3. The van der Waals surface area contributed by atoms with Crippen molar-refractivity contribution in [1.82, 2.24) is 5.32 Å². The van der Waals surface area contributed by atoms with E-state index in [-0.39, 0.29) is 24.6 Å². The molecule has 1 saturated carbocycles. The predicted molar refractivity (Wildman–Crippen MR) is 121 cm³/mol. The Morgan fingerprint density at radius 3 is 2.59 bits per heavy atom. The smallest absolute Gasteiger partial charge is 0.337 e. The van der Waals surface area contributed by atoms with Gasteiger partial charge in [0.25, 0.3) is 0 Å². The summed E-state index contributed by atoms with van der Waals surface area (Å²) in [5.41, 5.74) is 2.89. The van der Waals surface area contributed by atoms with Crippen molar-refractivity contribution in [3.63, 3.8) is 0 Å². The second kappa shape index (κ2) is 8.81. The van der Waals surface area contributed by atoms with Crippen molar-refractivity contribution in [3.8, 4) is 11.5 Å². The minimum Gasteiger partial charge on any atom is -0.468 e. The van der Waals surface area contributed by atoms with Crippen molar-refractivity contribution >= 4 is 17.7 Å². The highest BCUT2D eigenvalue weighted by Crippen LogP contribution is 2.47. The Balaban J connectivity index is 1.60. The van der Waals surface area contributed by atoms with E-state index in [4.69, 9.17) is 18.9 Å². The first-order chi connectivity index (χ1) is 16.4. The molecule has 2 aliphatic carbocycles. The molecule has 0 amide bonds. The van der Waals surface area contributed by atoms with Crippen molar-refractivity contribution in [1.29, 1.82) is 0 Å². The second-order valence-electron chi connectivity index (χ2n) is 9.46. The molecular weight excluding hydrogens is 438 g/mol. The fourth-order valence-electron chi connectivity index (χ4n) is 5.60. The van der Waals surface area contributed by atoms with Gasteiger partial charge >= 0.3 is 11.9 Å². The molecule has 1 fully saturated rings. The van der Waals surface area contributed by atoms with E-state index >= 15 is 0 Å². The van der Waals surface area contributed by atoms with E-state index in [9.17, 15) is 14.4 Å². The summed E-state index contributed by atoms with van der Waals surface area (Å²) in [7, 11) is 1.29. The third kappa shape index (κ3) is 3.75. The molecule has 0 spiro atoms. The number of Topliss-reactive ketones (excluding diaryl/α,β-unsaturated/α-hetero) is 1. The van der Waals surface area contributed by atoms with Gasteiger partial charge in [-0.1, -0.05) is 13.0 Å². The zero-order valence-electron chi connectivity index (χ0n) is 19.6. The molecule has 34 heavy (non-hydrogen) atoms. The normalized spacial score (nSPS) is 26.3. The predicted octanol–water partition coefficient (Wildman–Crippen LogP) is 3.51. The zero-order chi connectivity index (χ0) is 24.0. The van der Waals surface area contributed by atoms with Crippen LogP contribution in [0.5, 0.6) is 11.5 Å². The molecule has 1 N–H and O–H groups in total. The second-order valence-corrected chi connectivity index (χ2v) is 9.46. The summed E-state index contributed by atoms with van der Waals surface area (Å²) in [6.45, 7) is 3.81. The van der Waals surface area contributed by atoms with Crippen molar-refractivity contribution in [3.05, 3.63) is 46.3 Å². The number of esters is 2. The van der Waals surface area contributed by atoms with Crippen LogP contribution in [0.25, 0.3) is 0 Å². The molecule has 1 aromatic rings. The van der Waals surface area contributed by atoms with E-state index in [1.165, 1.54) is 7.11 Å². The van der Waals surface area contributed by atoms with Crippen LogP contribution in [-0.2, 0) is 23.9 Å². The number of carbonyl (C=O) groups excluding carboxylic acids is 3. The maximum absolute atomic E-state index is 13.8. The minimum atomic E-state index is -0.924. The van der Waals surface area contributed by atoms with Gasteiger partial charge in [-0.25, -0.2) is 4.79 Å². The van der Waals surface area contributed by atoms with E-state index in [0.29, 0.717) is 40.3 Å². The highest BCUT2D eigenvalue weighted by molar-refractivity contribution is 6.12. The molecule has 8 nitrogen and oxygen atoms in total. The number of dihydropyridines is 1. The molecule has 5 rings (SSSR count). The SMILES string of the molecule is COC(=O)C1C(=O)C2=C(CC1C)NC(C)=C(C(=O)OC1CCCC1)C2c1ccc2c(c1)OCO2. The molecule has 2 aliphatic heterocycles. The van der Waals surface area contributed by atoms with E-state index in [0.717, 1.165) is 31.4 Å². The Bertz CT molecular complexity index is 1110. The Hall–Kier alpha value is -3.29. The van der Waals surface area contributed by atoms with Gasteiger partial charge < -0.3 is 24.3 Å². The fraction of sp³-hybridized carbons (Fsp3) is 0.500. The monoisotopic (exact) mass is 467 g/mol. The summed E-state index contributed by atoms with van der Waals surface area (Å²) in [6, 6.07) is 5.42. The van der Waals surface area contributed by atoms with Crippen molar-refractivity contribution in [2.75, 3.05) is 13.9 Å². The summed E-state index contributed by atoms with van der Waals surface area (Å²) in [4.78, 5) is 39.8. The van der Waals surface area contributed by atoms with Gasteiger partial charge in [0.1, 0.15) is 12.0 Å². The van der Waals surface area contributed by atoms with Crippen molar-refractivity contribution in [2.45, 2.75) is 58.0 Å². The lowest BCUT2D eigenvalue weighted by molar-refractivity contribution is -0.151. The number of ketones is 1. The van der Waals surface area contributed by atoms with E-state index in [1.807, 2.05) is 19.9 Å². The number of hydrogen-bond acceptors (Lipinski definition) is 8. The standard InChI is InChI=1S/C26H29NO7/c1-13-10-17-23(24(28)20(13)25(29)31-3)22(15-8-9-18-19(11-15)33-12-32-18)21(14(2)27-17)26(30)34-16-6-4-5-7-16/h8-9,11,13,16,20,22,27H,4-7,10,12H2,1-3H3.